The van der Waals surface area contributed by atoms with Crippen LogP contribution < -0.4 is 5.32 Å². The van der Waals surface area contributed by atoms with Crippen LogP contribution in [0.1, 0.15) is 18.9 Å². The fourth-order valence-electron chi connectivity index (χ4n) is 2.21. The van der Waals surface area contributed by atoms with Gasteiger partial charge in [-0.1, -0.05) is 30.7 Å². The maximum absolute atomic E-state index is 13.1. The molecule has 0 amide bonds. The molecule has 2 rings (SSSR count). The summed E-state index contributed by atoms with van der Waals surface area (Å²) in [4.78, 5) is 11.8. The maximum Gasteiger partial charge on any atom is 0.334 e. The molecule has 0 saturated carbocycles. The molecule has 0 radical (unpaired) electrons. The van der Waals surface area contributed by atoms with Crippen molar-refractivity contribution < 1.29 is 14.3 Å². The highest BCUT2D eigenvalue weighted by Crippen LogP contribution is 2.31. The lowest BCUT2D eigenvalue weighted by molar-refractivity contribution is -0.142. The number of carbonyl (C=O) groups is 1. The van der Waals surface area contributed by atoms with E-state index < -0.39 is 17.3 Å². The van der Waals surface area contributed by atoms with Gasteiger partial charge >= 0.3 is 5.97 Å². The molecule has 0 fully saturated rings. The molecule has 110 valence electrons. The minimum atomic E-state index is -1.32. The van der Waals surface area contributed by atoms with Crippen molar-refractivity contribution in [2.45, 2.75) is 18.9 Å². The summed E-state index contributed by atoms with van der Waals surface area (Å²) in [6.45, 7) is 1.76. The van der Waals surface area contributed by atoms with Gasteiger partial charge in [-0.05, 0) is 48.4 Å². The van der Waals surface area contributed by atoms with E-state index in [4.69, 9.17) is 11.6 Å². The number of carboxylic acid groups (broad SMARTS) is 1. The van der Waals surface area contributed by atoms with Crippen LogP contribution in [0.4, 0.5) is 10.1 Å². The normalized spacial score (nSPS) is 13.5. The second kappa shape index (κ2) is 6.14. The summed E-state index contributed by atoms with van der Waals surface area (Å²) in [5.74, 6) is -1.42. The Morgan fingerprint density at radius 2 is 1.76 bits per heavy atom. The summed E-state index contributed by atoms with van der Waals surface area (Å²) in [5, 5.41) is 13.3. The molecular weight excluding hydrogens is 293 g/mol. The summed E-state index contributed by atoms with van der Waals surface area (Å²) in [6, 6.07) is 12.2. The Balaban J connectivity index is 2.44. The number of halogens is 2. The number of anilines is 1. The molecule has 2 aromatic rings. The zero-order valence-corrected chi connectivity index (χ0v) is 12.2. The average Bonchev–Trinajstić information content (AvgIpc) is 2.47. The monoisotopic (exact) mass is 307 g/mol. The van der Waals surface area contributed by atoms with Crippen LogP contribution in [0.15, 0.2) is 48.5 Å². The molecule has 2 aromatic carbocycles. The van der Waals surface area contributed by atoms with E-state index in [1.54, 1.807) is 31.2 Å². The van der Waals surface area contributed by atoms with Crippen molar-refractivity contribution in [3.05, 3.63) is 64.9 Å². The minimum absolute atomic E-state index is 0.302. The number of hydrogen-bond donors (Lipinski definition) is 2. The summed E-state index contributed by atoms with van der Waals surface area (Å²) in [7, 11) is 0. The number of rotatable bonds is 5. The van der Waals surface area contributed by atoms with Gasteiger partial charge in [0, 0.05) is 10.7 Å². The fraction of sp³-hybridized carbons (Fsp3) is 0.188. The van der Waals surface area contributed by atoms with Crippen LogP contribution in [-0.4, -0.2) is 11.1 Å². The van der Waals surface area contributed by atoms with Crippen LogP contribution >= 0.6 is 11.6 Å². The van der Waals surface area contributed by atoms with Crippen molar-refractivity contribution in [2.24, 2.45) is 0 Å². The molecular formula is C16H15ClFNO2. The van der Waals surface area contributed by atoms with Crippen LogP contribution in [0.25, 0.3) is 0 Å². The van der Waals surface area contributed by atoms with Crippen LogP contribution in [-0.2, 0) is 10.3 Å². The van der Waals surface area contributed by atoms with Gasteiger partial charge in [0.1, 0.15) is 5.82 Å². The minimum Gasteiger partial charge on any atom is -0.479 e. The lowest BCUT2D eigenvalue weighted by atomic mass is 9.87. The quantitative estimate of drug-likeness (QED) is 0.866. The van der Waals surface area contributed by atoms with E-state index in [2.05, 4.69) is 5.32 Å². The Labute approximate surface area is 127 Å². The number of hydrogen-bond acceptors (Lipinski definition) is 2. The first-order valence-corrected chi connectivity index (χ1v) is 6.89. The molecule has 0 bridgehead atoms. The largest absolute Gasteiger partial charge is 0.479 e. The van der Waals surface area contributed by atoms with Crippen molar-refractivity contribution in [1.29, 1.82) is 0 Å². The van der Waals surface area contributed by atoms with E-state index in [0.717, 1.165) is 0 Å². The molecule has 0 heterocycles. The Kier molecular flexibility index (Phi) is 4.48. The molecule has 3 nitrogen and oxygen atoms in total. The van der Waals surface area contributed by atoms with Crippen molar-refractivity contribution >= 4 is 23.3 Å². The Hall–Kier alpha value is -2.07. The maximum atomic E-state index is 13.1. The van der Waals surface area contributed by atoms with E-state index in [1.807, 2.05) is 0 Å². The predicted octanol–water partition coefficient (Wildman–Crippen LogP) is 4.28. The highest BCUT2D eigenvalue weighted by molar-refractivity contribution is 6.30. The highest BCUT2D eigenvalue weighted by atomic mass is 35.5. The lowest BCUT2D eigenvalue weighted by Crippen LogP contribution is -2.43. The van der Waals surface area contributed by atoms with Gasteiger partial charge in [-0.3, -0.25) is 0 Å². The zero-order valence-electron chi connectivity index (χ0n) is 11.4. The average molecular weight is 308 g/mol. The van der Waals surface area contributed by atoms with E-state index in [9.17, 15) is 14.3 Å². The molecule has 0 aliphatic heterocycles. The number of carboxylic acids is 1. The van der Waals surface area contributed by atoms with Crippen molar-refractivity contribution in [3.8, 4) is 0 Å². The van der Waals surface area contributed by atoms with Crippen molar-refractivity contribution in [1.82, 2.24) is 0 Å². The van der Waals surface area contributed by atoms with Crippen LogP contribution in [0.2, 0.25) is 5.02 Å². The Morgan fingerprint density at radius 3 is 2.24 bits per heavy atom. The lowest BCUT2D eigenvalue weighted by Gasteiger charge is -2.31. The first-order valence-electron chi connectivity index (χ1n) is 6.51. The first kappa shape index (κ1) is 15.3. The van der Waals surface area contributed by atoms with Crippen molar-refractivity contribution in [2.75, 3.05) is 5.32 Å². The molecule has 0 aliphatic carbocycles. The molecule has 21 heavy (non-hydrogen) atoms. The second-order valence-corrected chi connectivity index (χ2v) is 5.14. The highest BCUT2D eigenvalue weighted by Gasteiger charge is 2.38. The number of benzene rings is 2. The van der Waals surface area contributed by atoms with Crippen LogP contribution in [0.5, 0.6) is 0 Å². The van der Waals surface area contributed by atoms with E-state index in [0.29, 0.717) is 22.7 Å². The Morgan fingerprint density at radius 1 is 1.19 bits per heavy atom. The molecule has 1 atom stereocenters. The predicted molar refractivity (Wildman–Crippen MR) is 81.1 cm³/mol. The molecule has 0 aliphatic rings. The molecule has 0 saturated heterocycles. The van der Waals surface area contributed by atoms with Gasteiger partial charge in [0.25, 0.3) is 0 Å². The molecule has 0 spiro atoms. The van der Waals surface area contributed by atoms with Crippen LogP contribution in [0, 0.1) is 5.82 Å². The molecule has 5 heteroatoms. The smallest absolute Gasteiger partial charge is 0.334 e. The van der Waals surface area contributed by atoms with E-state index >= 15 is 0 Å². The second-order valence-electron chi connectivity index (χ2n) is 4.70. The van der Waals surface area contributed by atoms with Gasteiger partial charge in [-0.15, -0.1) is 0 Å². The third-order valence-electron chi connectivity index (χ3n) is 3.43. The van der Waals surface area contributed by atoms with Gasteiger partial charge in [-0.2, -0.15) is 0 Å². The molecule has 0 aromatic heterocycles. The van der Waals surface area contributed by atoms with Gasteiger partial charge < -0.3 is 10.4 Å². The van der Waals surface area contributed by atoms with Crippen molar-refractivity contribution in [3.63, 3.8) is 0 Å². The summed E-state index contributed by atoms with van der Waals surface area (Å²) >= 11 is 5.83. The topological polar surface area (TPSA) is 49.3 Å². The van der Waals surface area contributed by atoms with Crippen LogP contribution in [0.3, 0.4) is 0 Å². The number of nitrogens with one attached hydrogen (secondary N) is 1. The van der Waals surface area contributed by atoms with E-state index in [-0.39, 0.29) is 0 Å². The van der Waals surface area contributed by atoms with E-state index in [1.165, 1.54) is 24.3 Å². The third-order valence-corrected chi connectivity index (χ3v) is 3.69. The standard InChI is InChI=1S/C16H15ClFNO2/c1-2-16(15(20)21,11-3-7-13(18)8-4-11)19-14-9-5-12(17)6-10-14/h3-10,19H,2H2,1H3,(H,20,21). The fourth-order valence-corrected chi connectivity index (χ4v) is 2.33. The van der Waals surface area contributed by atoms with Gasteiger partial charge in [0.05, 0.1) is 0 Å². The first-order chi connectivity index (χ1) is 9.98. The van der Waals surface area contributed by atoms with Gasteiger partial charge in [-0.25, -0.2) is 9.18 Å². The Bertz CT molecular complexity index is 628. The zero-order chi connectivity index (χ0) is 15.5. The summed E-state index contributed by atoms with van der Waals surface area (Å²) < 4.78 is 13.1. The SMILES string of the molecule is CCC(Nc1ccc(Cl)cc1)(C(=O)O)c1ccc(F)cc1. The summed E-state index contributed by atoms with van der Waals surface area (Å²) in [6.07, 6.45) is 0.302. The van der Waals surface area contributed by atoms with Gasteiger partial charge in [0.2, 0.25) is 0 Å². The molecule has 1 unspecified atom stereocenters. The number of aliphatic carboxylic acids is 1. The van der Waals surface area contributed by atoms with Gasteiger partial charge in [0.15, 0.2) is 5.54 Å². The molecule has 2 N–H and O–H groups in total. The summed E-state index contributed by atoms with van der Waals surface area (Å²) in [5.41, 5.74) is -0.191. The third kappa shape index (κ3) is 3.16.